The van der Waals surface area contributed by atoms with Gasteiger partial charge in [0.05, 0.1) is 18.0 Å². The average Bonchev–Trinajstić information content (AvgIpc) is 2.80. The predicted octanol–water partition coefficient (Wildman–Crippen LogP) is 2.90. The van der Waals surface area contributed by atoms with Gasteiger partial charge in [0.15, 0.2) is 5.69 Å². The van der Waals surface area contributed by atoms with E-state index in [1.807, 2.05) is 68.4 Å². The Hall–Kier alpha value is -3.61. The van der Waals surface area contributed by atoms with Gasteiger partial charge in [-0.25, -0.2) is 4.68 Å². The molecule has 1 fully saturated rings. The van der Waals surface area contributed by atoms with Crippen molar-refractivity contribution in [2.75, 3.05) is 37.7 Å². The van der Waals surface area contributed by atoms with Gasteiger partial charge < -0.3 is 14.5 Å². The number of aromatic nitrogens is 2. The summed E-state index contributed by atoms with van der Waals surface area (Å²) in [6.45, 7) is 6.72. The fourth-order valence-corrected chi connectivity index (χ4v) is 3.82. The van der Waals surface area contributed by atoms with Gasteiger partial charge in [-0.1, -0.05) is 30.3 Å². The fraction of sp³-hybridized carbons (Fsp3) is 0.292. The van der Waals surface area contributed by atoms with E-state index in [4.69, 9.17) is 4.74 Å². The summed E-state index contributed by atoms with van der Waals surface area (Å²) in [6.07, 6.45) is 0. The summed E-state index contributed by atoms with van der Waals surface area (Å²) in [7, 11) is 0. The Labute approximate surface area is 181 Å². The number of amides is 1. The molecule has 0 radical (unpaired) electrons. The number of rotatable bonds is 5. The number of benzene rings is 2. The summed E-state index contributed by atoms with van der Waals surface area (Å²) < 4.78 is 7.38. The number of anilines is 1. The number of ether oxygens (including phenoxy) is 1. The molecule has 160 valence electrons. The third-order valence-electron chi connectivity index (χ3n) is 5.38. The van der Waals surface area contributed by atoms with Gasteiger partial charge in [0.1, 0.15) is 5.75 Å². The average molecular weight is 418 g/mol. The monoisotopic (exact) mass is 418 g/mol. The van der Waals surface area contributed by atoms with Crippen LogP contribution in [0.5, 0.6) is 5.75 Å². The van der Waals surface area contributed by atoms with Gasteiger partial charge in [-0.2, -0.15) is 5.10 Å². The second kappa shape index (κ2) is 9.04. The molecule has 0 N–H and O–H groups in total. The molecule has 1 aliphatic heterocycles. The summed E-state index contributed by atoms with van der Waals surface area (Å²) in [5, 5.41) is 4.41. The number of carbonyl (C=O) groups is 1. The lowest BCUT2D eigenvalue weighted by Gasteiger charge is -2.36. The molecule has 7 heteroatoms. The first-order chi connectivity index (χ1) is 15.1. The standard InChI is InChI=1S/C24H26N4O3/c1-3-31-22-12-8-7-11-20(22)26-13-15-27(16-14-26)24(30)23-21(29)17-18(2)28(25-23)19-9-5-4-6-10-19/h4-12,17H,3,13-16H2,1-2H3. The maximum atomic E-state index is 13.1. The SMILES string of the molecule is CCOc1ccccc1N1CCN(C(=O)c2nn(-c3ccccc3)c(C)cc2=O)CC1. The number of piperazine rings is 1. The Bertz CT molecular complexity index is 1120. The molecular formula is C24H26N4O3. The highest BCUT2D eigenvalue weighted by molar-refractivity contribution is 5.92. The lowest BCUT2D eigenvalue weighted by Crippen LogP contribution is -2.50. The van der Waals surface area contributed by atoms with Crippen molar-refractivity contribution < 1.29 is 9.53 Å². The minimum absolute atomic E-state index is 0.0439. The number of aryl methyl sites for hydroxylation is 1. The van der Waals surface area contributed by atoms with E-state index in [1.165, 1.54) is 6.07 Å². The van der Waals surface area contributed by atoms with Crippen LogP contribution in [0.3, 0.4) is 0 Å². The maximum absolute atomic E-state index is 13.1. The molecule has 0 spiro atoms. The molecular weight excluding hydrogens is 392 g/mol. The number of para-hydroxylation sites is 3. The molecule has 1 amide bonds. The van der Waals surface area contributed by atoms with E-state index < -0.39 is 0 Å². The third-order valence-corrected chi connectivity index (χ3v) is 5.38. The van der Waals surface area contributed by atoms with E-state index in [0.717, 1.165) is 17.1 Å². The van der Waals surface area contributed by atoms with Gasteiger partial charge in [0, 0.05) is 37.9 Å². The van der Waals surface area contributed by atoms with Crippen molar-refractivity contribution >= 4 is 11.6 Å². The van der Waals surface area contributed by atoms with E-state index in [-0.39, 0.29) is 17.0 Å². The van der Waals surface area contributed by atoms with Gasteiger partial charge in [0.25, 0.3) is 5.91 Å². The molecule has 1 saturated heterocycles. The molecule has 7 nitrogen and oxygen atoms in total. The Morgan fingerprint density at radius 3 is 2.39 bits per heavy atom. The summed E-state index contributed by atoms with van der Waals surface area (Å²) >= 11 is 0. The van der Waals surface area contributed by atoms with Crippen LogP contribution >= 0.6 is 0 Å². The number of hydrogen-bond donors (Lipinski definition) is 0. The van der Waals surface area contributed by atoms with Crippen LogP contribution in [0.1, 0.15) is 23.1 Å². The minimum Gasteiger partial charge on any atom is -0.492 e. The smallest absolute Gasteiger partial charge is 0.278 e. The van der Waals surface area contributed by atoms with Crippen LogP contribution in [-0.4, -0.2) is 53.4 Å². The van der Waals surface area contributed by atoms with Gasteiger partial charge >= 0.3 is 0 Å². The van der Waals surface area contributed by atoms with E-state index in [9.17, 15) is 9.59 Å². The quantitative estimate of drug-likeness (QED) is 0.637. The second-order valence-electron chi connectivity index (χ2n) is 7.43. The molecule has 2 heterocycles. The van der Waals surface area contributed by atoms with Crippen LogP contribution < -0.4 is 15.1 Å². The Kier molecular flexibility index (Phi) is 6.02. The zero-order valence-electron chi connectivity index (χ0n) is 17.8. The van der Waals surface area contributed by atoms with Gasteiger partial charge in [-0.05, 0) is 38.1 Å². The summed E-state index contributed by atoms with van der Waals surface area (Å²) in [6, 6.07) is 18.9. The van der Waals surface area contributed by atoms with Crippen molar-refractivity contribution in [1.29, 1.82) is 0 Å². The van der Waals surface area contributed by atoms with Crippen LogP contribution in [0.15, 0.2) is 65.5 Å². The van der Waals surface area contributed by atoms with E-state index in [1.54, 1.807) is 9.58 Å². The minimum atomic E-state index is -0.348. The maximum Gasteiger partial charge on any atom is 0.278 e. The third kappa shape index (κ3) is 4.30. The van der Waals surface area contributed by atoms with Gasteiger partial charge in [0.2, 0.25) is 5.43 Å². The van der Waals surface area contributed by atoms with Gasteiger partial charge in [-0.3, -0.25) is 9.59 Å². The predicted molar refractivity (Wildman–Crippen MR) is 120 cm³/mol. The van der Waals surface area contributed by atoms with Crippen LogP contribution in [-0.2, 0) is 0 Å². The van der Waals surface area contributed by atoms with Crippen LogP contribution in [0.25, 0.3) is 5.69 Å². The highest BCUT2D eigenvalue weighted by atomic mass is 16.5. The van der Waals surface area contributed by atoms with Crippen molar-refractivity contribution in [3.8, 4) is 11.4 Å². The second-order valence-corrected chi connectivity index (χ2v) is 7.43. The zero-order chi connectivity index (χ0) is 21.8. The Morgan fingerprint density at radius 2 is 1.68 bits per heavy atom. The van der Waals surface area contributed by atoms with E-state index in [0.29, 0.717) is 38.5 Å². The number of hydrogen-bond acceptors (Lipinski definition) is 5. The highest BCUT2D eigenvalue weighted by Crippen LogP contribution is 2.28. The summed E-state index contributed by atoms with van der Waals surface area (Å²) in [5.41, 5.74) is 2.13. The van der Waals surface area contributed by atoms with Crippen molar-refractivity contribution in [3.63, 3.8) is 0 Å². The Balaban J connectivity index is 1.53. The lowest BCUT2D eigenvalue weighted by atomic mass is 10.2. The van der Waals surface area contributed by atoms with Crippen molar-refractivity contribution in [1.82, 2.24) is 14.7 Å². The fourth-order valence-electron chi connectivity index (χ4n) is 3.82. The first-order valence-corrected chi connectivity index (χ1v) is 10.5. The summed E-state index contributed by atoms with van der Waals surface area (Å²) in [5.74, 6) is 0.517. The first-order valence-electron chi connectivity index (χ1n) is 10.5. The largest absolute Gasteiger partial charge is 0.492 e. The highest BCUT2D eigenvalue weighted by Gasteiger charge is 2.26. The first kappa shape index (κ1) is 20.7. The van der Waals surface area contributed by atoms with Crippen molar-refractivity contribution in [2.24, 2.45) is 0 Å². The normalized spacial score (nSPS) is 13.9. The molecule has 0 saturated carbocycles. The number of carbonyl (C=O) groups excluding carboxylic acids is 1. The molecule has 2 aromatic carbocycles. The molecule has 0 atom stereocenters. The molecule has 1 aliphatic rings. The van der Waals surface area contributed by atoms with E-state index in [2.05, 4.69) is 10.00 Å². The van der Waals surface area contributed by atoms with E-state index >= 15 is 0 Å². The van der Waals surface area contributed by atoms with Crippen molar-refractivity contribution in [3.05, 3.63) is 82.3 Å². The number of nitrogens with zero attached hydrogens (tertiary/aromatic N) is 4. The van der Waals surface area contributed by atoms with Crippen LogP contribution in [0, 0.1) is 6.92 Å². The molecule has 1 aromatic heterocycles. The molecule has 3 aromatic rings. The molecule has 0 aliphatic carbocycles. The molecule has 0 bridgehead atoms. The van der Waals surface area contributed by atoms with Crippen molar-refractivity contribution in [2.45, 2.75) is 13.8 Å². The lowest BCUT2D eigenvalue weighted by molar-refractivity contribution is 0.0737. The summed E-state index contributed by atoms with van der Waals surface area (Å²) in [4.78, 5) is 29.6. The topological polar surface area (TPSA) is 67.7 Å². The molecule has 31 heavy (non-hydrogen) atoms. The zero-order valence-corrected chi connectivity index (χ0v) is 17.8. The molecule has 4 rings (SSSR count). The van der Waals surface area contributed by atoms with Gasteiger partial charge in [-0.15, -0.1) is 0 Å². The van der Waals surface area contributed by atoms with Crippen LogP contribution in [0.4, 0.5) is 5.69 Å². The molecule has 0 unspecified atom stereocenters. The van der Waals surface area contributed by atoms with Crippen LogP contribution in [0.2, 0.25) is 0 Å². The Morgan fingerprint density at radius 1 is 1.00 bits per heavy atom.